The largest absolute Gasteiger partial charge is 0.493 e. The molecule has 8 nitrogen and oxygen atoms in total. The Morgan fingerprint density at radius 1 is 1.12 bits per heavy atom. The number of nitrogens with zero attached hydrogens (tertiary/aromatic N) is 3. The fourth-order valence-electron chi connectivity index (χ4n) is 4.49. The van der Waals surface area contributed by atoms with Gasteiger partial charge in [-0.2, -0.15) is 0 Å². The van der Waals surface area contributed by atoms with Gasteiger partial charge in [0.05, 0.1) is 32.1 Å². The van der Waals surface area contributed by atoms with Crippen LogP contribution in [0.5, 0.6) is 11.5 Å². The molecule has 0 unspecified atom stereocenters. The fourth-order valence-corrected chi connectivity index (χ4v) is 4.49. The summed E-state index contributed by atoms with van der Waals surface area (Å²) >= 11 is 0. The zero-order chi connectivity index (χ0) is 23.7. The first-order valence-corrected chi connectivity index (χ1v) is 11.0. The molecule has 0 saturated heterocycles. The molecule has 3 aromatic rings. The molecule has 2 aromatic carbocycles. The minimum absolute atomic E-state index is 0.0251. The molecule has 1 aliphatic rings. The van der Waals surface area contributed by atoms with Crippen molar-refractivity contribution in [3.8, 4) is 17.2 Å². The van der Waals surface area contributed by atoms with Crippen molar-refractivity contribution in [2.24, 2.45) is 7.05 Å². The van der Waals surface area contributed by atoms with Crippen LogP contribution < -0.4 is 20.3 Å². The van der Waals surface area contributed by atoms with Gasteiger partial charge < -0.3 is 14.8 Å². The van der Waals surface area contributed by atoms with Gasteiger partial charge in [0.15, 0.2) is 11.5 Å². The summed E-state index contributed by atoms with van der Waals surface area (Å²) in [5.41, 5.74) is 3.83. The monoisotopic (exact) mass is 450 g/mol. The van der Waals surface area contributed by atoms with E-state index in [0.29, 0.717) is 22.9 Å². The minimum Gasteiger partial charge on any atom is -0.493 e. The molecule has 1 aromatic heterocycles. The molecule has 1 N–H and O–H groups in total. The molecular formula is C25H30N4O4. The molecule has 0 aliphatic carbocycles. The Kier molecular flexibility index (Phi) is 6.29. The van der Waals surface area contributed by atoms with E-state index in [1.54, 1.807) is 23.6 Å². The van der Waals surface area contributed by atoms with E-state index in [2.05, 4.69) is 17.1 Å². The van der Waals surface area contributed by atoms with Crippen molar-refractivity contribution in [1.29, 1.82) is 0 Å². The fraction of sp³-hybridized carbons (Fsp3) is 0.360. The summed E-state index contributed by atoms with van der Waals surface area (Å²) < 4.78 is 14.2. The van der Waals surface area contributed by atoms with Crippen molar-refractivity contribution in [2.45, 2.75) is 26.3 Å². The normalized spacial score (nSPS) is 15.7. The number of rotatable bonds is 6. The zero-order valence-corrected chi connectivity index (χ0v) is 19.7. The van der Waals surface area contributed by atoms with Crippen molar-refractivity contribution in [1.82, 2.24) is 14.3 Å². The smallest absolute Gasteiger partial charge is 0.295 e. The number of hydrogen-bond acceptors (Lipinski definition) is 5. The number of hydrogen-bond donors (Lipinski definition) is 1. The van der Waals surface area contributed by atoms with Gasteiger partial charge in [-0.15, -0.1) is 0 Å². The summed E-state index contributed by atoms with van der Waals surface area (Å²) in [6.07, 6.45) is 0.804. The molecule has 174 valence electrons. The summed E-state index contributed by atoms with van der Waals surface area (Å²) in [5.74, 6) is 1.18. The predicted octanol–water partition coefficient (Wildman–Crippen LogP) is 3.06. The lowest BCUT2D eigenvalue weighted by atomic mass is 9.93. The van der Waals surface area contributed by atoms with Crippen LogP contribution in [0, 0.1) is 6.92 Å². The lowest BCUT2D eigenvalue weighted by molar-refractivity contribution is -0.117. The van der Waals surface area contributed by atoms with Gasteiger partial charge in [-0.1, -0.05) is 18.2 Å². The molecule has 4 rings (SSSR count). The van der Waals surface area contributed by atoms with Crippen LogP contribution in [0.1, 0.15) is 29.8 Å². The maximum Gasteiger partial charge on any atom is 0.295 e. The number of amides is 1. The van der Waals surface area contributed by atoms with Gasteiger partial charge in [0, 0.05) is 19.6 Å². The molecule has 0 fully saturated rings. The summed E-state index contributed by atoms with van der Waals surface area (Å²) in [7, 11) is 5.06. The summed E-state index contributed by atoms with van der Waals surface area (Å²) in [6.45, 7) is 4.83. The van der Waals surface area contributed by atoms with Crippen molar-refractivity contribution in [3.63, 3.8) is 0 Å². The van der Waals surface area contributed by atoms with Gasteiger partial charge >= 0.3 is 0 Å². The van der Waals surface area contributed by atoms with Crippen LogP contribution in [0.15, 0.2) is 47.3 Å². The lowest BCUT2D eigenvalue weighted by Crippen LogP contribution is -2.40. The van der Waals surface area contributed by atoms with Crippen molar-refractivity contribution in [2.75, 3.05) is 32.6 Å². The van der Waals surface area contributed by atoms with E-state index in [-0.39, 0.29) is 24.1 Å². The number of benzene rings is 2. The second-order valence-corrected chi connectivity index (χ2v) is 8.29. The highest BCUT2D eigenvalue weighted by Gasteiger charge is 2.28. The van der Waals surface area contributed by atoms with E-state index in [0.717, 1.165) is 24.2 Å². The van der Waals surface area contributed by atoms with E-state index in [1.807, 2.05) is 56.4 Å². The second-order valence-electron chi connectivity index (χ2n) is 8.29. The summed E-state index contributed by atoms with van der Waals surface area (Å²) in [6, 6.07) is 13.4. The Morgan fingerprint density at radius 2 is 1.79 bits per heavy atom. The Bertz CT molecular complexity index is 1230. The molecule has 0 bridgehead atoms. The van der Waals surface area contributed by atoms with E-state index >= 15 is 0 Å². The number of carbonyl (C=O) groups is 1. The van der Waals surface area contributed by atoms with E-state index in [4.69, 9.17) is 9.47 Å². The van der Waals surface area contributed by atoms with Crippen LogP contribution in [-0.4, -0.2) is 47.5 Å². The number of carbonyl (C=O) groups excluding carboxylic acids is 1. The highest BCUT2D eigenvalue weighted by Crippen LogP contribution is 2.37. The third kappa shape index (κ3) is 4.14. The zero-order valence-electron chi connectivity index (χ0n) is 19.7. The van der Waals surface area contributed by atoms with Crippen molar-refractivity contribution < 1.29 is 14.3 Å². The Balaban J connectivity index is 1.53. The Hall–Kier alpha value is -3.52. The van der Waals surface area contributed by atoms with Crippen LogP contribution in [0.25, 0.3) is 5.69 Å². The number of aromatic nitrogens is 2. The molecule has 0 radical (unpaired) electrons. The SMILES string of the molecule is COc1cc2c(cc1OC)[C@@H](C)N(CC(=O)Nc1c(C)n(C)n(-c3ccccc3)c1=O)CC2. The van der Waals surface area contributed by atoms with Gasteiger partial charge in [0.25, 0.3) is 5.56 Å². The maximum absolute atomic E-state index is 13.1. The van der Waals surface area contributed by atoms with Gasteiger partial charge in [-0.05, 0) is 55.7 Å². The molecule has 8 heteroatoms. The number of ether oxygens (including phenoxy) is 2. The molecule has 0 spiro atoms. The predicted molar refractivity (Wildman–Crippen MR) is 128 cm³/mol. The number of anilines is 1. The molecule has 0 saturated carbocycles. The second kappa shape index (κ2) is 9.15. The molecule has 1 aliphatic heterocycles. The maximum atomic E-state index is 13.1. The van der Waals surface area contributed by atoms with Crippen molar-refractivity contribution in [3.05, 3.63) is 69.6 Å². The quantitative estimate of drug-likeness (QED) is 0.625. The third-order valence-electron chi connectivity index (χ3n) is 6.48. The topological polar surface area (TPSA) is 77.7 Å². The van der Waals surface area contributed by atoms with Crippen LogP contribution >= 0.6 is 0 Å². The number of fused-ring (bicyclic) bond motifs is 1. The molecule has 33 heavy (non-hydrogen) atoms. The number of para-hydroxylation sites is 1. The van der Waals surface area contributed by atoms with E-state index < -0.39 is 0 Å². The molecule has 1 amide bonds. The average molecular weight is 451 g/mol. The lowest BCUT2D eigenvalue weighted by Gasteiger charge is -2.35. The standard InChI is InChI=1S/C25H30N4O4/c1-16-20-14-22(33-5)21(32-4)13-18(20)11-12-28(16)15-23(30)26-24-17(2)27(3)29(25(24)31)19-9-7-6-8-10-19/h6-10,13-14,16H,11-12,15H2,1-5H3,(H,26,30)/t16-/m1/s1. The van der Waals surface area contributed by atoms with Gasteiger partial charge in [-0.3, -0.25) is 19.2 Å². The van der Waals surface area contributed by atoms with E-state index in [1.165, 1.54) is 5.56 Å². The van der Waals surface area contributed by atoms with Crippen LogP contribution in [0.4, 0.5) is 5.69 Å². The highest BCUT2D eigenvalue weighted by atomic mass is 16.5. The highest BCUT2D eigenvalue weighted by molar-refractivity contribution is 5.92. The Morgan fingerprint density at radius 3 is 2.45 bits per heavy atom. The van der Waals surface area contributed by atoms with Gasteiger partial charge in [0.1, 0.15) is 5.69 Å². The Labute approximate surface area is 193 Å². The van der Waals surface area contributed by atoms with E-state index in [9.17, 15) is 9.59 Å². The first-order chi connectivity index (χ1) is 15.8. The number of nitrogens with one attached hydrogen (secondary N) is 1. The first kappa shape index (κ1) is 22.7. The molecule has 2 heterocycles. The van der Waals surface area contributed by atoms with Crippen molar-refractivity contribution >= 4 is 11.6 Å². The summed E-state index contributed by atoms with van der Waals surface area (Å²) in [4.78, 5) is 28.2. The average Bonchev–Trinajstić information content (AvgIpc) is 3.03. The van der Waals surface area contributed by atoms with Gasteiger partial charge in [0.2, 0.25) is 5.91 Å². The number of methoxy groups -OCH3 is 2. The third-order valence-corrected chi connectivity index (χ3v) is 6.48. The van der Waals surface area contributed by atoms with Crippen LogP contribution in [-0.2, 0) is 18.3 Å². The minimum atomic E-state index is -0.247. The first-order valence-electron chi connectivity index (χ1n) is 11.0. The molecular weight excluding hydrogens is 420 g/mol. The van der Waals surface area contributed by atoms with Crippen LogP contribution in [0.3, 0.4) is 0 Å². The van der Waals surface area contributed by atoms with Crippen LogP contribution in [0.2, 0.25) is 0 Å². The molecule has 1 atom stereocenters. The van der Waals surface area contributed by atoms with Gasteiger partial charge in [-0.25, -0.2) is 4.68 Å². The summed E-state index contributed by atoms with van der Waals surface area (Å²) in [5, 5.41) is 2.86.